The molecule has 0 radical (unpaired) electrons. The van der Waals surface area contributed by atoms with Crippen molar-refractivity contribution in [3.63, 3.8) is 0 Å². The van der Waals surface area contributed by atoms with Crippen molar-refractivity contribution < 1.29 is 19.1 Å². The Hall–Kier alpha value is -1.99. The van der Waals surface area contributed by atoms with Crippen LogP contribution < -0.4 is 19.7 Å². The van der Waals surface area contributed by atoms with Gasteiger partial charge in [0.15, 0.2) is 11.5 Å². The van der Waals surface area contributed by atoms with E-state index in [2.05, 4.69) is 5.32 Å². The summed E-state index contributed by atoms with van der Waals surface area (Å²) in [6, 6.07) is 6.06. The number of nitrogens with zero attached hydrogens (tertiary/aromatic N) is 2. The predicted octanol–water partition coefficient (Wildman–Crippen LogP) is 2.22. The molecule has 0 spiro atoms. The molecular formula is C22H30ClN3O4. The number of halogens is 1. The monoisotopic (exact) mass is 435 g/mol. The number of carbonyl (C=O) groups is 2. The molecule has 0 aromatic heterocycles. The first-order valence-electron chi connectivity index (χ1n) is 10.9. The molecule has 0 bridgehead atoms. The van der Waals surface area contributed by atoms with E-state index in [0.29, 0.717) is 43.7 Å². The molecule has 164 valence electrons. The molecule has 1 N–H and O–H groups in total. The van der Waals surface area contributed by atoms with Crippen LogP contribution in [0.5, 0.6) is 11.5 Å². The van der Waals surface area contributed by atoms with Crippen LogP contribution in [0, 0.1) is 11.8 Å². The minimum absolute atomic E-state index is 0. The molecule has 7 nitrogen and oxygen atoms in total. The second kappa shape index (κ2) is 9.02. The van der Waals surface area contributed by atoms with Gasteiger partial charge in [-0.25, -0.2) is 0 Å². The van der Waals surface area contributed by atoms with Crippen molar-refractivity contribution in [3.8, 4) is 11.5 Å². The third-order valence-electron chi connectivity index (χ3n) is 6.54. The van der Waals surface area contributed by atoms with Crippen LogP contribution in [0.1, 0.15) is 32.1 Å². The van der Waals surface area contributed by atoms with Crippen LogP contribution in [0.3, 0.4) is 0 Å². The number of hydrogen-bond donors (Lipinski definition) is 1. The molecule has 3 fully saturated rings. The van der Waals surface area contributed by atoms with Gasteiger partial charge < -0.3 is 24.6 Å². The summed E-state index contributed by atoms with van der Waals surface area (Å²) in [5.41, 5.74) is 0.775. The van der Waals surface area contributed by atoms with Crippen LogP contribution in [-0.4, -0.2) is 62.1 Å². The Labute approximate surface area is 183 Å². The Balaban J connectivity index is 0.00000218. The lowest BCUT2D eigenvalue weighted by Crippen LogP contribution is -2.48. The van der Waals surface area contributed by atoms with E-state index in [1.807, 2.05) is 23.1 Å². The smallest absolute Gasteiger partial charge is 0.239 e. The van der Waals surface area contributed by atoms with Crippen LogP contribution in [0.4, 0.5) is 5.69 Å². The summed E-state index contributed by atoms with van der Waals surface area (Å²) in [6.07, 6.45) is 5.24. The number of amides is 2. The number of hydrogen-bond acceptors (Lipinski definition) is 5. The number of piperidine rings is 1. The van der Waals surface area contributed by atoms with Crippen LogP contribution >= 0.6 is 12.4 Å². The number of nitrogens with one attached hydrogen (secondary N) is 1. The number of benzene rings is 1. The van der Waals surface area contributed by atoms with E-state index in [-0.39, 0.29) is 24.2 Å². The van der Waals surface area contributed by atoms with Gasteiger partial charge >= 0.3 is 0 Å². The molecule has 2 amide bonds. The minimum atomic E-state index is -0.556. The third kappa shape index (κ3) is 4.37. The summed E-state index contributed by atoms with van der Waals surface area (Å²) < 4.78 is 11.2. The number of likely N-dealkylation sites (tertiary alicyclic amines) is 1. The molecule has 2 saturated heterocycles. The van der Waals surface area contributed by atoms with Gasteiger partial charge in [0.05, 0.1) is 0 Å². The fourth-order valence-corrected chi connectivity index (χ4v) is 4.55. The molecule has 1 saturated carbocycles. The van der Waals surface area contributed by atoms with Crippen LogP contribution in [-0.2, 0) is 9.59 Å². The second-order valence-electron chi connectivity index (χ2n) is 8.61. The van der Waals surface area contributed by atoms with Gasteiger partial charge in [-0.05, 0) is 56.7 Å². The third-order valence-corrected chi connectivity index (χ3v) is 6.54. The number of fused-ring (bicyclic) bond motifs is 1. The first-order valence-corrected chi connectivity index (χ1v) is 10.9. The average Bonchev–Trinajstić information content (AvgIpc) is 3.52. The number of rotatable bonds is 5. The van der Waals surface area contributed by atoms with Crippen molar-refractivity contribution in [3.05, 3.63) is 18.2 Å². The summed E-state index contributed by atoms with van der Waals surface area (Å²) in [5.74, 6) is 1.59. The Kier molecular flexibility index (Phi) is 6.39. The Morgan fingerprint density at radius 3 is 2.47 bits per heavy atom. The zero-order valence-corrected chi connectivity index (χ0v) is 18.0. The lowest BCUT2D eigenvalue weighted by atomic mass is 10.0. The standard InChI is InChI=1S/C22H29N3O4.ClH/c26-21(24-8-5-16(6-9-24)23-14-15-1-2-15)18-7-10-25(22(18)27)17-3-4-19-20(13-17)29-12-11-28-19;/h3-4,13,15-16,18,23H,1-2,5-12,14H2;1H. The second-order valence-corrected chi connectivity index (χ2v) is 8.61. The number of carbonyl (C=O) groups excluding carboxylic acids is 2. The largest absolute Gasteiger partial charge is 0.486 e. The fourth-order valence-electron chi connectivity index (χ4n) is 4.55. The number of ether oxygens (including phenoxy) is 2. The van der Waals surface area contributed by atoms with Gasteiger partial charge in [-0.1, -0.05) is 0 Å². The molecular weight excluding hydrogens is 406 g/mol. The highest BCUT2D eigenvalue weighted by molar-refractivity contribution is 6.09. The number of anilines is 1. The molecule has 5 rings (SSSR count). The Morgan fingerprint density at radius 1 is 1.00 bits per heavy atom. The topological polar surface area (TPSA) is 71.1 Å². The molecule has 4 aliphatic rings. The van der Waals surface area contributed by atoms with Gasteiger partial charge in [-0.3, -0.25) is 9.59 Å². The molecule has 1 atom stereocenters. The summed E-state index contributed by atoms with van der Waals surface area (Å²) in [4.78, 5) is 29.6. The van der Waals surface area contributed by atoms with E-state index in [4.69, 9.17) is 9.47 Å². The molecule has 8 heteroatoms. The molecule has 1 aromatic rings. The van der Waals surface area contributed by atoms with E-state index >= 15 is 0 Å². The quantitative estimate of drug-likeness (QED) is 0.718. The van der Waals surface area contributed by atoms with E-state index in [0.717, 1.165) is 44.1 Å². The lowest BCUT2D eigenvalue weighted by molar-refractivity contribution is -0.140. The van der Waals surface area contributed by atoms with Gasteiger partial charge in [-0.2, -0.15) is 0 Å². The van der Waals surface area contributed by atoms with E-state index in [9.17, 15) is 9.59 Å². The molecule has 1 aromatic carbocycles. The first kappa shape index (κ1) is 21.2. The van der Waals surface area contributed by atoms with Crippen molar-refractivity contribution in [2.45, 2.75) is 38.1 Å². The van der Waals surface area contributed by atoms with Crippen LogP contribution in [0.2, 0.25) is 0 Å². The molecule has 3 heterocycles. The zero-order valence-electron chi connectivity index (χ0n) is 17.2. The average molecular weight is 436 g/mol. The predicted molar refractivity (Wildman–Crippen MR) is 115 cm³/mol. The lowest BCUT2D eigenvalue weighted by Gasteiger charge is -2.33. The Bertz CT molecular complexity index is 793. The van der Waals surface area contributed by atoms with Crippen molar-refractivity contribution in [2.75, 3.05) is 44.3 Å². The van der Waals surface area contributed by atoms with Crippen molar-refractivity contribution in [2.24, 2.45) is 11.8 Å². The van der Waals surface area contributed by atoms with Gasteiger partial charge in [-0.15, -0.1) is 12.4 Å². The van der Waals surface area contributed by atoms with Crippen LogP contribution in [0.15, 0.2) is 18.2 Å². The van der Waals surface area contributed by atoms with Gasteiger partial charge in [0.1, 0.15) is 19.1 Å². The van der Waals surface area contributed by atoms with Crippen molar-refractivity contribution in [1.29, 1.82) is 0 Å². The van der Waals surface area contributed by atoms with Gasteiger partial charge in [0.25, 0.3) is 0 Å². The summed E-state index contributed by atoms with van der Waals surface area (Å²) in [6.45, 7) is 4.22. The minimum Gasteiger partial charge on any atom is -0.486 e. The molecule has 3 aliphatic heterocycles. The summed E-state index contributed by atoms with van der Waals surface area (Å²) in [7, 11) is 0. The van der Waals surface area contributed by atoms with Crippen molar-refractivity contribution in [1.82, 2.24) is 10.2 Å². The van der Waals surface area contributed by atoms with Crippen molar-refractivity contribution >= 4 is 29.9 Å². The molecule has 1 unspecified atom stereocenters. The zero-order chi connectivity index (χ0) is 19.8. The Morgan fingerprint density at radius 2 is 1.73 bits per heavy atom. The van der Waals surface area contributed by atoms with Gasteiger partial charge in [0, 0.05) is 37.4 Å². The van der Waals surface area contributed by atoms with E-state index < -0.39 is 5.92 Å². The molecule has 1 aliphatic carbocycles. The van der Waals surface area contributed by atoms with E-state index in [1.165, 1.54) is 12.8 Å². The summed E-state index contributed by atoms with van der Waals surface area (Å²) in [5, 5.41) is 3.64. The van der Waals surface area contributed by atoms with Crippen LogP contribution in [0.25, 0.3) is 0 Å². The maximum absolute atomic E-state index is 13.0. The van der Waals surface area contributed by atoms with Gasteiger partial charge in [0.2, 0.25) is 11.8 Å². The maximum Gasteiger partial charge on any atom is 0.239 e. The maximum atomic E-state index is 13.0. The van der Waals surface area contributed by atoms with E-state index in [1.54, 1.807) is 4.90 Å². The highest BCUT2D eigenvalue weighted by Crippen LogP contribution is 2.36. The summed E-state index contributed by atoms with van der Waals surface area (Å²) >= 11 is 0. The highest BCUT2D eigenvalue weighted by Gasteiger charge is 2.40. The molecule has 30 heavy (non-hydrogen) atoms. The first-order chi connectivity index (χ1) is 14.2. The highest BCUT2D eigenvalue weighted by atomic mass is 35.5. The SMILES string of the molecule is Cl.O=C(C1CCN(c2ccc3c(c2)OCCO3)C1=O)N1CCC(NCC2CC2)CC1. The normalized spacial score (nSPS) is 24.0. The fraction of sp³-hybridized carbons (Fsp3) is 0.636.